The summed E-state index contributed by atoms with van der Waals surface area (Å²) in [4.78, 5) is 9.56. The maximum absolute atomic E-state index is 4.29. The van der Waals surface area contributed by atoms with Crippen molar-refractivity contribution < 1.29 is 0 Å². The van der Waals surface area contributed by atoms with E-state index in [2.05, 4.69) is 49.0 Å². The van der Waals surface area contributed by atoms with Gasteiger partial charge in [-0.25, -0.2) is 0 Å². The molecule has 20 heavy (non-hydrogen) atoms. The second-order valence-electron chi connectivity index (χ2n) is 5.78. The first-order valence-corrected chi connectivity index (χ1v) is 8.35. The fraction of sp³-hybridized carbons (Fsp3) is 0.667. The average Bonchev–Trinajstić information content (AvgIpc) is 2.48. The van der Waals surface area contributed by atoms with Gasteiger partial charge in [0, 0.05) is 61.7 Å². The van der Waals surface area contributed by atoms with Crippen LogP contribution in [0.2, 0.25) is 0 Å². The Bertz CT molecular complexity index is 445. The zero-order valence-electron chi connectivity index (χ0n) is 12.1. The molecule has 1 aromatic rings. The number of hydrogen-bond acceptors (Lipinski definition) is 4. The number of nitrogens with zero attached hydrogens (tertiary/aromatic N) is 3. The van der Waals surface area contributed by atoms with Crippen molar-refractivity contribution in [2.24, 2.45) is 0 Å². The minimum absolute atomic E-state index is 0.513. The molecular formula is C15H23BrN4. The Morgan fingerprint density at radius 1 is 1.35 bits per heavy atom. The zero-order valence-corrected chi connectivity index (χ0v) is 13.6. The number of fused-ring (bicyclic) bond motifs is 3. The lowest BCUT2D eigenvalue weighted by Crippen LogP contribution is -2.66. The van der Waals surface area contributed by atoms with Crippen LogP contribution in [0.3, 0.4) is 0 Å². The predicted octanol–water partition coefficient (Wildman–Crippen LogP) is 1.36. The van der Waals surface area contributed by atoms with E-state index in [4.69, 9.17) is 0 Å². The highest BCUT2D eigenvalue weighted by Gasteiger charge is 2.36. The van der Waals surface area contributed by atoms with E-state index in [-0.39, 0.29) is 0 Å². The Labute approximate surface area is 129 Å². The summed E-state index contributed by atoms with van der Waals surface area (Å²) in [6.07, 6.45) is 4.89. The molecule has 3 saturated heterocycles. The molecule has 0 saturated carbocycles. The SMILES string of the molecule is CCNC(Cc1cncc(Br)c1)C1CN2CCN1CC2. The van der Waals surface area contributed by atoms with Gasteiger partial charge in [-0.3, -0.25) is 14.8 Å². The van der Waals surface area contributed by atoms with Crippen molar-refractivity contribution in [2.45, 2.75) is 25.4 Å². The van der Waals surface area contributed by atoms with E-state index >= 15 is 0 Å². The Balaban J connectivity index is 1.72. The van der Waals surface area contributed by atoms with Crippen LogP contribution in [0.4, 0.5) is 0 Å². The average molecular weight is 339 g/mol. The Kier molecular flexibility index (Phi) is 4.71. The van der Waals surface area contributed by atoms with Crippen LogP contribution < -0.4 is 5.32 Å². The predicted molar refractivity (Wildman–Crippen MR) is 84.9 cm³/mol. The van der Waals surface area contributed by atoms with E-state index in [0.29, 0.717) is 12.1 Å². The molecule has 5 heteroatoms. The lowest BCUT2D eigenvalue weighted by atomic mass is 9.95. The van der Waals surface area contributed by atoms with Gasteiger partial charge in [-0.05, 0) is 40.5 Å². The first-order chi connectivity index (χ1) is 9.76. The van der Waals surface area contributed by atoms with Crippen LogP contribution in [-0.2, 0) is 6.42 Å². The van der Waals surface area contributed by atoms with Crippen molar-refractivity contribution in [1.82, 2.24) is 20.1 Å². The van der Waals surface area contributed by atoms with Gasteiger partial charge in [-0.2, -0.15) is 0 Å². The molecule has 0 aliphatic carbocycles. The van der Waals surface area contributed by atoms with Gasteiger partial charge in [0.25, 0.3) is 0 Å². The van der Waals surface area contributed by atoms with E-state index in [1.807, 2.05) is 12.4 Å². The van der Waals surface area contributed by atoms with Crippen molar-refractivity contribution in [3.8, 4) is 0 Å². The fourth-order valence-electron chi connectivity index (χ4n) is 3.47. The lowest BCUT2D eigenvalue weighted by molar-refractivity contribution is -0.00290. The summed E-state index contributed by atoms with van der Waals surface area (Å²) in [7, 11) is 0. The summed E-state index contributed by atoms with van der Waals surface area (Å²) < 4.78 is 1.07. The highest BCUT2D eigenvalue weighted by molar-refractivity contribution is 9.10. The quantitative estimate of drug-likeness (QED) is 0.878. The maximum Gasteiger partial charge on any atom is 0.0410 e. The standard InChI is InChI=1S/C15H23BrN4/c1-2-18-14(8-12-7-13(16)10-17-9-12)15-11-19-3-5-20(15)6-4-19/h7,9-10,14-15,18H,2-6,8,11H2,1H3. The molecule has 2 unspecified atom stereocenters. The summed E-state index contributed by atoms with van der Waals surface area (Å²) in [6, 6.07) is 3.34. The van der Waals surface area contributed by atoms with Gasteiger partial charge in [0.1, 0.15) is 0 Å². The third kappa shape index (κ3) is 3.22. The minimum atomic E-state index is 0.513. The molecule has 4 heterocycles. The molecule has 3 fully saturated rings. The van der Waals surface area contributed by atoms with Crippen molar-refractivity contribution in [3.63, 3.8) is 0 Å². The molecule has 4 nitrogen and oxygen atoms in total. The van der Waals surface area contributed by atoms with Gasteiger partial charge in [-0.1, -0.05) is 6.92 Å². The molecule has 1 N–H and O–H groups in total. The third-order valence-electron chi connectivity index (χ3n) is 4.47. The first kappa shape index (κ1) is 14.4. The van der Waals surface area contributed by atoms with E-state index in [9.17, 15) is 0 Å². The van der Waals surface area contributed by atoms with Crippen LogP contribution in [0.1, 0.15) is 12.5 Å². The van der Waals surface area contributed by atoms with Gasteiger partial charge in [0.15, 0.2) is 0 Å². The van der Waals surface area contributed by atoms with Gasteiger partial charge in [0.05, 0.1) is 0 Å². The smallest absolute Gasteiger partial charge is 0.0410 e. The fourth-order valence-corrected chi connectivity index (χ4v) is 3.88. The van der Waals surface area contributed by atoms with Gasteiger partial charge in [0.2, 0.25) is 0 Å². The molecule has 0 spiro atoms. The molecule has 2 bridgehead atoms. The molecule has 3 aliphatic rings. The normalized spacial score (nSPS) is 30.4. The van der Waals surface area contributed by atoms with Crippen molar-refractivity contribution in [2.75, 3.05) is 39.3 Å². The molecule has 0 radical (unpaired) electrons. The van der Waals surface area contributed by atoms with Gasteiger partial charge >= 0.3 is 0 Å². The summed E-state index contributed by atoms with van der Waals surface area (Å²) in [5.74, 6) is 0. The lowest BCUT2D eigenvalue weighted by Gasteiger charge is -2.50. The highest BCUT2D eigenvalue weighted by atomic mass is 79.9. The number of aromatic nitrogens is 1. The molecule has 4 rings (SSSR count). The number of nitrogens with one attached hydrogen (secondary N) is 1. The third-order valence-corrected chi connectivity index (χ3v) is 4.90. The van der Waals surface area contributed by atoms with Crippen LogP contribution >= 0.6 is 15.9 Å². The number of pyridine rings is 1. The summed E-state index contributed by atoms with van der Waals surface area (Å²) >= 11 is 3.52. The summed E-state index contributed by atoms with van der Waals surface area (Å²) in [5, 5.41) is 3.69. The largest absolute Gasteiger partial charge is 0.312 e. The number of halogens is 1. The molecule has 110 valence electrons. The van der Waals surface area contributed by atoms with E-state index in [1.54, 1.807) is 0 Å². The Hall–Kier alpha value is -0.490. The number of likely N-dealkylation sites (N-methyl/N-ethyl adjacent to an activating group) is 1. The van der Waals surface area contributed by atoms with Crippen molar-refractivity contribution >= 4 is 15.9 Å². The number of hydrogen-bond donors (Lipinski definition) is 1. The molecule has 0 amide bonds. The first-order valence-electron chi connectivity index (χ1n) is 7.55. The van der Waals surface area contributed by atoms with Crippen molar-refractivity contribution in [1.29, 1.82) is 0 Å². The number of rotatable bonds is 5. The van der Waals surface area contributed by atoms with Crippen LogP contribution in [0.5, 0.6) is 0 Å². The molecule has 0 aromatic carbocycles. The summed E-state index contributed by atoms with van der Waals surface area (Å²) in [5.41, 5.74) is 1.31. The van der Waals surface area contributed by atoms with Crippen LogP contribution in [-0.4, -0.2) is 66.1 Å². The number of piperazine rings is 3. The topological polar surface area (TPSA) is 31.4 Å². The molecule has 3 aliphatic heterocycles. The Morgan fingerprint density at radius 2 is 2.15 bits per heavy atom. The van der Waals surface area contributed by atoms with E-state index in [0.717, 1.165) is 17.4 Å². The molecule has 1 aromatic heterocycles. The van der Waals surface area contributed by atoms with Crippen LogP contribution in [0, 0.1) is 0 Å². The summed E-state index contributed by atoms with van der Waals surface area (Å²) in [6.45, 7) is 9.37. The Morgan fingerprint density at radius 3 is 2.75 bits per heavy atom. The molecule has 2 atom stereocenters. The molecular weight excluding hydrogens is 316 g/mol. The van der Waals surface area contributed by atoms with Crippen LogP contribution in [0.25, 0.3) is 0 Å². The van der Waals surface area contributed by atoms with Gasteiger partial charge in [-0.15, -0.1) is 0 Å². The second kappa shape index (κ2) is 6.52. The second-order valence-corrected chi connectivity index (χ2v) is 6.70. The van der Waals surface area contributed by atoms with E-state index < -0.39 is 0 Å². The van der Waals surface area contributed by atoms with Gasteiger partial charge < -0.3 is 5.32 Å². The van der Waals surface area contributed by atoms with Crippen LogP contribution in [0.15, 0.2) is 22.9 Å². The zero-order chi connectivity index (χ0) is 13.9. The monoisotopic (exact) mass is 338 g/mol. The minimum Gasteiger partial charge on any atom is -0.312 e. The van der Waals surface area contributed by atoms with E-state index in [1.165, 1.54) is 38.3 Å². The van der Waals surface area contributed by atoms with Crippen molar-refractivity contribution in [3.05, 3.63) is 28.5 Å². The maximum atomic E-state index is 4.29. The highest BCUT2D eigenvalue weighted by Crippen LogP contribution is 2.21.